The first-order valence-electron chi connectivity index (χ1n) is 8.61. The van der Waals surface area contributed by atoms with Crippen molar-refractivity contribution in [2.75, 3.05) is 20.6 Å². The topological polar surface area (TPSA) is 96.6 Å². The number of aromatic nitrogens is 2. The summed E-state index contributed by atoms with van der Waals surface area (Å²) in [5, 5.41) is 4.33. The van der Waals surface area contributed by atoms with Gasteiger partial charge in [-0.2, -0.15) is 9.29 Å². The lowest BCUT2D eigenvalue weighted by Crippen LogP contribution is -2.39. The van der Waals surface area contributed by atoms with E-state index in [1.165, 1.54) is 43.3 Å². The van der Waals surface area contributed by atoms with E-state index in [1.807, 2.05) is 30.3 Å². The van der Waals surface area contributed by atoms with Crippen LogP contribution in [0.5, 0.6) is 0 Å². The highest BCUT2D eigenvalue weighted by Gasteiger charge is 2.25. The van der Waals surface area contributed by atoms with Crippen molar-refractivity contribution in [3.63, 3.8) is 0 Å². The second-order valence-electron chi connectivity index (χ2n) is 6.34. The van der Waals surface area contributed by atoms with Crippen LogP contribution < -0.4 is 0 Å². The maximum absolute atomic E-state index is 12.6. The van der Waals surface area contributed by atoms with Crippen LogP contribution in [0.1, 0.15) is 5.89 Å². The molecule has 3 rings (SSSR count). The van der Waals surface area contributed by atoms with Crippen molar-refractivity contribution in [2.45, 2.75) is 11.4 Å². The highest BCUT2D eigenvalue weighted by molar-refractivity contribution is 7.89. The number of sulfonamides is 1. The molecule has 1 heterocycles. The number of rotatable bonds is 7. The number of hydrogen-bond acceptors (Lipinski definition) is 6. The van der Waals surface area contributed by atoms with E-state index in [2.05, 4.69) is 10.1 Å². The third-order valence-electron chi connectivity index (χ3n) is 4.18. The summed E-state index contributed by atoms with van der Waals surface area (Å²) in [6.45, 7) is -0.269. The largest absolute Gasteiger partial charge is 0.337 e. The quantitative estimate of drug-likeness (QED) is 0.567. The van der Waals surface area contributed by atoms with Crippen LogP contribution in [0.25, 0.3) is 11.4 Å². The van der Waals surface area contributed by atoms with E-state index >= 15 is 0 Å². The average molecular weight is 435 g/mol. The van der Waals surface area contributed by atoms with Crippen LogP contribution >= 0.6 is 11.6 Å². The summed E-state index contributed by atoms with van der Waals surface area (Å²) in [5.41, 5.74) is 0.797. The van der Waals surface area contributed by atoms with Crippen molar-refractivity contribution >= 4 is 27.5 Å². The van der Waals surface area contributed by atoms with E-state index in [0.29, 0.717) is 10.8 Å². The molecular formula is C19H19ClN4O4S. The van der Waals surface area contributed by atoms with Crippen LogP contribution in [0, 0.1) is 0 Å². The summed E-state index contributed by atoms with van der Waals surface area (Å²) in [6, 6.07) is 15.0. The number of hydrogen-bond donors (Lipinski definition) is 0. The number of benzene rings is 2. The fourth-order valence-corrected chi connectivity index (χ4v) is 3.74. The molecular weight excluding hydrogens is 416 g/mol. The Hall–Kier alpha value is -2.75. The number of carbonyl (C=O) groups is 1. The number of nitrogens with zero attached hydrogens (tertiary/aromatic N) is 4. The Morgan fingerprint density at radius 1 is 1.07 bits per heavy atom. The zero-order valence-electron chi connectivity index (χ0n) is 15.8. The second-order valence-corrected chi connectivity index (χ2v) is 8.82. The third-order valence-corrected chi connectivity index (χ3v) is 6.25. The molecule has 10 heteroatoms. The average Bonchev–Trinajstić information content (AvgIpc) is 3.17. The number of carbonyl (C=O) groups excluding carboxylic acids is 1. The molecule has 0 N–H and O–H groups in total. The van der Waals surface area contributed by atoms with E-state index in [4.69, 9.17) is 16.1 Å². The van der Waals surface area contributed by atoms with Crippen molar-refractivity contribution < 1.29 is 17.7 Å². The summed E-state index contributed by atoms with van der Waals surface area (Å²) < 4.78 is 31.4. The Morgan fingerprint density at radius 2 is 1.72 bits per heavy atom. The highest BCUT2D eigenvalue weighted by atomic mass is 35.5. The van der Waals surface area contributed by atoms with Crippen LogP contribution in [0.3, 0.4) is 0 Å². The van der Waals surface area contributed by atoms with E-state index in [1.54, 1.807) is 0 Å². The van der Waals surface area contributed by atoms with E-state index in [0.717, 1.165) is 9.87 Å². The third kappa shape index (κ3) is 5.00. The molecule has 8 nitrogen and oxygen atoms in total. The van der Waals surface area contributed by atoms with Gasteiger partial charge in [0, 0.05) is 24.7 Å². The number of amides is 1. The summed E-state index contributed by atoms with van der Waals surface area (Å²) >= 11 is 5.80. The predicted octanol–water partition coefficient (Wildman–Crippen LogP) is 2.67. The van der Waals surface area contributed by atoms with E-state index < -0.39 is 15.9 Å². The SMILES string of the molecule is CN(Cc1nc(-c2ccccc2)no1)C(=O)CN(C)S(=O)(=O)c1ccc(Cl)cc1. The molecule has 3 aromatic rings. The molecule has 29 heavy (non-hydrogen) atoms. The number of likely N-dealkylation sites (N-methyl/N-ethyl adjacent to an activating group) is 2. The van der Waals surface area contributed by atoms with Crippen molar-refractivity contribution in [2.24, 2.45) is 0 Å². The van der Waals surface area contributed by atoms with Crippen molar-refractivity contribution in [1.29, 1.82) is 0 Å². The minimum Gasteiger partial charge on any atom is -0.337 e. The molecule has 0 atom stereocenters. The second kappa shape index (κ2) is 8.73. The van der Waals surface area contributed by atoms with Gasteiger partial charge in [0.2, 0.25) is 27.6 Å². The minimum absolute atomic E-state index is 0.0595. The van der Waals surface area contributed by atoms with Gasteiger partial charge in [0.05, 0.1) is 18.0 Å². The predicted molar refractivity (Wildman–Crippen MR) is 107 cm³/mol. The van der Waals surface area contributed by atoms with Gasteiger partial charge < -0.3 is 9.42 Å². The summed E-state index contributed by atoms with van der Waals surface area (Å²) in [5.74, 6) is 0.260. The lowest BCUT2D eigenvalue weighted by atomic mass is 10.2. The lowest BCUT2D eigenvalue weighted by Gasteiger charge is -2.20. The summed E-state index contributed by atoms with van der Waals surface area (Å²) in [7, 11) is -0.931. The van der Waals surface area contributed by atoms with Crippen LogP contribution in [0.4, 0.5) is 0 Å². The highest BCUT2D eigenvalue weighted by Crippen LogP contribution is 2.18. The zero-order valence-corrected chi connectivity index (χ0v) is 17.4. The van der Waals surface area contributed by atoms with Crippen molar-refractivity contribution in [3.8, 4) is 11.4 Å². The normalized spacial score (nSPS) is 11.6. The molecule has 0 aliphatic heterocycles. The van der Waals surface area contributed by atoms with Crippen LogP contribution in [0.15, 0.2) is 64.0 Å². The molecule has 2 aromatic carbocycles. The Balaban J connectivity index is 1.63. The first-order chi connectivity index (χ1) is 13.8. The van der Waals surface area contributed by atoms with Gasteiger partial charge in [-0.25, -0.2) is 8.42 Å². The Morgan fingerprint density at radius 3 is 2.38 bits per heavy atom. The number of halogens is 1. The van der Waals surface area contributed by atoms with E-state index in [-0.39, 0.29) is 23.9 Å². The Kier molecular flexibility index (Phi) is 6.31. The summed E-state index contributed by atoms with van der Waals surface area (Å²) in [4.78, 5) is 18.1. The van der Waals surface area contributed by atoms with Gasteiger partial charge in [-0.15, -0.1) is 0 Å². The van der Waals surface area contributed by atoms with Crippen molar-refractivity contribution in [3.05, 3.63) is 65.5 Å². The molecule has 0 fully saturated rings. The maximum atomic E-state index is 12.6. The van der Waals surface area contributed by atoms with Gasteiger partial charge in [0.1, 0.15) is 0 Å². The van der Waals surface area contributed by atoms with Gasteiger partial charge in [-0.3, -0.25) is 4.79 Å². The monoisotopic (exact) mass is 434 g/mol. The zero-order chi connectivity index (χ0) is 21.0. The summed E-state index contributed by atoms with van der Waals surface area (Å²) in [6.07, 6.45) is 0. The van der Waals surface area contributed by atoms with E-state index in [9.17, 15) is 13.2 Å². The smallest absolute Gasteiger partial charge is 0.246 e. The molecule has 0 saturated carbocycles. The van der Waals surface area contributed by atoms with Gasteiger partial charge in [0.15, 0.2) is 0 Å². The Labute approximate surface area is 173 Å². The van der Waals surface area contributed by atoms with Gasteiger partial charge >= 0.3 is 0 Å². The molecule has 0 aliphatic rings. The van der Waals surface area contributed by atoms with Crippen LogP contribution in [-0.2, 0) is 21.4 Å². The molecule has 152 valence electrons. The molecule has 0 radical (unpaired) electrons. The van der Waals surface area contributed by atoms with Gasteiger partial charge in [0.25, 0.3) is 0 Å². The fraction of sp³-hybridized carbons (Fsp3) is 0.211. The Bertz CT molecular complexity index is 1080. The molecule has 1 aromatic heterocycles. The molecule has 0 aliphatic carbocycles. The van der Waals surface area contributed by atoms with Crippen LogP contribution in [0.2, 0.25) is 5.02 Å². The van der Waals surface area contributed by atoms with Gasteiger partial charge in [-0.1, -0.05) is 47.1 Å². The molecule has 0 saturated heterocycles. The fourth-order valence-electron chi connectivity index (χ4n) is 2.50. The maximum Gasteiger partial charge on any atom is 0.246 e. The standard InChI is InChI=1S/C19H19ClN4O4S/c1-23(12-17-21-19(22-28-17)14-6-4-3-5-7-14)18(25)13-24(2)29(26,27)16-10-8-15(20)9-11-16/h3-11H,12-13H2,1-2H3. The first-order valence-corrected chi connectivity index (χ1v) is 10.4. The molecule has 0 unspecified atom stereocenters. The molecule has 1 amide bonds. The molecule has 0 spiro atoms. The van der Waals surface area contributed by atoms with Gasteiger partial charge in [-0.05, 0) is 24.3 Å². The molecule has 0 bridgehead atoms. The minimum atomic E-state index is -3.81. The first kappa shape index (κ1) is 21.0. The van der Waals surface area contributed by atoms with Crippen LogP contribution in [-0.4, -0.2) is 54.3 Å². The lowest BCUT2D eigenvalue weighted by molar-refractivity contribution is -0.130. The van der Waals surface area contributed by atoms with Crippen molar-refractivity contribution in [1.82, 2.24) is 19.3 Å².